The Bertz CT molecular complexity index is 617. The number of urea groups is 1. The molecule has 0 spiro atoms. The lowest BCUT2D eigenvalue weighted by Crippen LogP contribution is -2.34. The molecule has 1 unspecified atom stereocenters. The number of benzene rings is 2. The van der Waals surface area contributed by atoms with Gasteiger partial charge in [0.1, 0.15) is 0 Å². The minimum atomic E-state index is -0.523. The second-order valence-electron chi connectivity index (χ2n) is 4.37. The van der Waals surface area contributed by atoms with Crippen LogP contribution in [0.5, 0.6) is 0 Å². The molecular formula is C15H14Cl2N2O2. The van der Waals surface area contributed by atoms with E-state index in [-0.39, 0.29) is 6.61 Å². The van der Waals surface area contributed by atoms with Crippen molar-refractivity contribution in [3.63, 3.8) is 0 Å². The van der Waals surface area contributed by atoms with Gasteiger partial charge < -0.3 is 15.7 Å². The first-order valence-electron chi connectivity index (χ1n) is 6.28. The van der Waals surface area contributed by atoms with E-state index in [9.17, 15) is 9.90 Å². The average molecular weight is 325 g/mol. The summed E-state index contributed by atoms with van der Waals surface area (Å²) >= 11 is 11.8. The Labute approximate surface area is 132 Å². The number of carbonyl (C=O) groups excluding carboxylic acids is 1. The summed E-state index contributed by atoms with van der Waals surface area (Å²) in [5, 5.41) is 15.8. The number of aliphatic hydroxyl groups excluding tert-OH is 1. The van der Waals surface area contributed by atoms with E-state index < -0.39 is 12.1 Å². The van der Waals surface area contributed by atoms with Gasteiger partial charge in [0.25, 0.3) is 0 Å². The Kier molecular flexibility index (Phi) is 5.44. The van der Waals surface area contributed by atoms with Crippen molar-refractivity contribution in [2.24, 2.45) is 0 Å². The SMILES string of the molecule is O=C(Nc1ccccc1Cl)NC(CO)c1ccc(Cl)cc1. The first-order valence-corrected chi connectivity index (χ1v) is 7.04. The maximum atomic E-state index is 12.0. The van der Waals surface area contributed by atoms with Crippen LogP contribution in [0.4, 0.5) is 10.5 Å². The molecule has 3 N–H and O–H groups in total. The summed E-state index contributed by atoms with van der Waals surface area (Å²) in [5.74, 6) is 0. The summed E-state index contributed by atoms with van der Waals surface area (Å²) in [6.07, 6.45) is 0. The average Bonchev–Trinajstić information content (AvgIpc) is 2.48. The Morgan fingerprint density at radius 2 is 1.76 bits per heavy atom. The molecule has 21 heavy (non-hydrogen) atoms. The van der Waals surface area contributed by atoms with Crippen LogP contribution in [0.2, 0.25) is 10.0 Å². The van der Waals surface area contributed by atoms with Crippen molar-refractivity contribution in [2.75, 3.05) is 11.9 Å². The van der Waals surface area contributed by atoms with Gasteiger partial charge in [-0.1, -0.05) is 47.5 Å². The van der Waals surface area contributed by atoms with E-state index in [0.717, 1.165) is 5.56 Å². The highest BCUT2D eigenvalue weighted by molar-refractivity contribution is 6.33. The van der Waals surface area contributed by atoms with E-state index in [0.29, 0.717) is 15.7 Å². The quantitative estimate of drug-likeness (QED) is 0.800. The van der Waals surface area contributed by atoms with E-state index in [1.807, 2.05) is 0 Å². The molecule has 0 heterocycles. The second kappa shape index (κ2) is 7.31. The van der Waals surface area contributed by atoms with Gasteiger partial charge in [-0.05, 0) is 29.8 Å². The zero-order valence-corrected chi connectivity index (χ0v) is 12.5. The molecule has 0 aliphatic heterocycles. The molecule has 2 rings (SSSR count). The molecule has 2 amide bonds. The van der Waals surface area contributed by atoms with Crippen LogP contribution in [0.1, 0.15) is 11.6 Å². The molecule has 0 aliphatic rings. The van der Waals surface area contributed by atoms with Crippen LogP contribution >= 0.6 is 23.2 Å². The molecule has 0 aromatic heterocycles. The third-order valence-electron chi connectivity index (χ3n) is 2.88. The van der Waals surface area contributed by atoms with E-state index in [4.69, 9.17) is 23.2 Å². The Balaban J connectivity index is 2.03. The number of para-hydroxylation sites is 1. The molecule has 0 radical (unpaired) electrons. The highest BCUT2D eigenvalue weighted by atomic mass is 35.5. The van der Waals surface area contributed by atoms with Gasteiger partial charge >= 0.3 is 6.03 Å². The molecule has 110 valence electrons. The molecule has 0 saturated heterocycles. The third kappa shape index (κ3) is 4.36. The second-order valence-corrected chi connectivity index (χ2v) is 5.21. The number of amides is 2. The van der Waals surface area contributed by atoms with E-state index in [1.54, 1.807) is 48.5 Å². The normalized spacial score (nSPS) is 11.8. The fraction of sp³-hybridized carbons (Fsp3) is 0.133. The number of rotatable bonds is 4. The lowest BCUT2D eigenvalue weighted by molar-refractivity contribution is 0.225. The standard InChI is InChI=1S/C15H14Cl2N2O2/c16-11-7-5-10(6-8-11)14(9-20)19-15(21)18-13-4-2-1-3-12(13)17/h1-8,14,20H,9H2,(H2,18,19,21). The maximum absolute atomic E-state index is 12.0. The Hall–Kier alpha value is -1.75. The van der Waals surface area contributed by atoms with Gasteiger partial charge in [0.2, 0.25) is 0 Å². The van der Waals surface area contributed by atoms with Crippen LogP contribution in [0.25, 0.3) is 0 Å². The number of anilines is 1. The molecule has 2 aromatic carbocycles. The van der Waals surface area contributed by atoms with Crippen molar-refractivity contribution in [3.05, 3.63) is 64.1 Å². The van der Waals surface area contributed by atoms with Crippen molar-refractivity contribution in [3.8, 4) is 0 Å². The Morgan fingerprint density at radius 3 is 2.38 bits per heavy atom. The topological polar surface area (TPSA) is 61.4 Å². The molecule has 1 atom stereocenters. The lowest BCUT2D eigenvalue weighted by atomic mass is 10.1. The van der Waals surface area contributed by atoms with Gasteiger partial charge in [-0.3, -0.25) is 0 Å². The molecule has 0 bridgehead atoms. The molecule has 4 nitrogen and oxygen atoms in total. The lowest BCUT2D eigenvalue weighted by Gasteiger charge is -2.17. The molecule has 0 saturated carbocycles. The fourth-order valence-corrected chi connectivity index (χ4v) is 2.12. The summed E-state index contributed by atoms with van der Waals surface area (Å²) in [5.41, 5.74) is 1.26. The summed E-state index contributed by atoms with van der Waals surface area (Å²) in [7, 11) is 0. The van der Waals surface area contributed by atoms with Crippen LogP contribution in [-0.2, 0) is 0 Å². The van der Waals surface area contributed by atoms with Crippen molar-refractivity contribution in [2.45, 2.75) is 6.04 Å². The predicted octanol–water partition coefficient (Wildman–Crippen LogP) is 3.85. The molecular weight excluding hydrogens is 311 g/mol. The van der Waals surface area contributed by atoms with E-state index in [2.05, 4.69) is 10.6 Å². The monoisotopic (exact) mass is 324 g/mol. The fourth-order valence-electron chi connectivity index (χ4n) is 1.81. The van der Waals surface area contributed by atoms with Crippen molar-refractivity contribution in [1.29, 1.82) is 0 Å². The van der Waals surface area contributed by atoms with Gasteiger partial charge in [0.05, 0.1) is 23.4 Å². The highest BCUT2D eigenvalue weighted by Gasteiger charge is 2.14. The molecule has 0 aliphatic carbocycles. The molecule has 6 heteroatoms. The van der Waals surface area contributed by atoms with Gasteiger partial charge in [-0.25, -0.2) is 4.79 Å². The van der Waals surface area contributed by atoms with Crippen molar-refractivity contribution >= 4 is 34.9 Å². The summed E-state index contributed by atoms with van der Waals surface area (Å²) in [4.78, 5) is 12.0. The summed E-state index contributed by atoms with van der Waals surface area (Å²) in [6, 6.07) is 12.8. The van der Waals surface area contributed by atoms with Gasteiger partial charge in [-0.15, -0.1) is 0 Å². The first-order chi connectivity index (χ1) is 10.1. The number of carbonyl (C=O) groups is 1. The minimum Gasteiger partial charge on any atom is -0.394 e. The predicted molar refractivity (Wildman–Crippen MR) is 84.9 cm³/mol. The minimum absolute atomic E-state index is 0.225. The number of aliphatic hydroxyl groups is 1. The first kappa shape index (κ1) is 15.6. The summed E-state index contributed by atoms with van der Waals surface area (Å²) < 4.78 is 0. The van der Waals surface area contributed by atoms with E-state index in [1.165, 1.54) is 0 Å². The zero-order valence-electron chi connectivity index (χ0n) is 11.0. The maximum Gasteiger partial charge on any atom is 0.319 e. The number of halogens is 2. The van der Waals surface area contributed by atoms with Crippen LogP contribution in [0.15, 0.2) is 48.5 Å². The number of hydrogen-bond donors (Lipinski definition) is 3. The highest BCUT2D eigenvalue weighted by Crippen LogP contribution is 2.21. The number of hydrogen-bond acceptors (Lipinski definition) is 2. The van der Waals surface area contributed by atoms with Crippen LogP contribution in [0.3, 0.4) is 0 Å². The van der Waals surface area contributed by atoms with Crippen LogP contribution < -0.4 is 10.6 Å². The Morgan fingerprint density at radius 1 is 1.10 bits per heavy atom. The molecule has 0 fully saturated rings. The van der Waals surface area contributed by atoms with Gasteiger partial charge in [0, 0.05) is 5.02 Å². The molecule has 2 aromatic rings. The number of nitrogens with one attached hydrogen (secondary N) is 2. The van der Waals surface area contributed by atoms with Crippen LogP contribution in [-0.4, -0.2) is 17.7 Å². The smallest absolute Gasteiger partial charge is 0.319 e. The van der Waals surface area contributed by atoms with Gasteiger partial charge in [0.15, 0.2) is 0 Å². The largest absolute Gasteiger partial charge is 0.394 e. The summed E-state index contributed by atoms with van der Waals surface area (Å²) in [6.45, 7) is -0.225. The van der Waals surface area contributed by atoms with Crippen LogP contribution in [0, 0.1) is 0 Å². The zero-order chi connectivity index (χ0) is 15.2. The van der Waals surface area contributed by atoms with Crippen molar-refractivity contribution < 1.29 is 9.90 Å². The van der Waals surface area contributed by atoms with E-state index >= 15 is 0 Å². The van der Waals surface area contributed by atoms with Gasteiger partial charge in [-0.2, -0.15) is 0 Å². The third-order valence-corrected chi connectivity index (χ3v) is 3.46. The van der Waals surface area contributed by atoms with Crippen molar-refractivity contribution in [1.82, 2.24) is 5.32 Å².